The number of hydrogen-bond donors (Lipinski definition) is 0. The Kier molecular flexibility index (Phi) is 4.03. The van der Waals surface area contributed by atoms with E-state index in [1.54, 1.807) is 12.1 Å². The molecule has 15 heavy (non-hydrogen) atoms. The Balaban J connectivity index is 2.94. The van der Waals surface area contributed by atoms with Gasteiger partial charge in [0, 0.05) is 6.42 Å². The van der Waals surface area contributed by atoms with E-state index in [9.17, 15) is 9.59 Å². The Hall–Kier alpha value is -1.64. The van der Waals surface area contributed by atoms with E-state index >= 15 is 0 Å². The van der Waals surface area contributed by atoms with Gasteiger partial charge in [-0.2, -0.15) is 0 Å². The van der Waals surface area contributed by atoms with Gasteiger partial charge >= 0.3 is 5.97 Å². The van der Waals surface area contributed by atoms with Crippen LogP contribution in [-0.4, -0.2) is 19.4 Å². The Morgan fingerprint density at radius 2 is 2.20 bits per heavy atom. The average molecular weight is 206 g/mol. The van der Waals surface area contributed by atoms with Gasteiger partial charge < -0.3 is 9.53 Å². The fourth-order valence-electron chi connectivity index (χ4n) is 1.40. The van der Waals surface area contributed by atoms with Crippen LogP contribution in [0.15, 0.2) is 18.2 Å². The minimum absolute atomic E-state index is 0.345. The van der Waals surface area contributed by atoms with E-state index in [0.717, 1.165) is 17.4 Å². The van der Waals surface area contributed by atoms with Gasteiger partial charge in [-0.05, 0) is 36.6 Å². The van der Waals surface area contributed by atoms with Crippen molar-refractivity contribution in [3.63, 3.8) is 0 Å². The molecule has 3 nitrogen and oxygen atoms in total. The molecule has 0 bridgehead atoms. The van der Waals surface area contributed by atoms with Gasteiger partial charge in [0.05, 0.1) is 12.7 Å². The molecule has 0 atom stereocenters. The predicted molar refractivity (Wildman–Crippen MR) is 56.9 cm³/mol. The van der Waals surface area contributed by atoms with Gasteiger partial charge in [0.1, 0.15) is 6.29 Å². The number of aryl methyl sites for hydroxylation is 2. The van der Waals surface area contributed by atoms with Crippen molar-refractivity contribution in [1.29, 1.82) is 0 Å². The zero-order valence-corrected chi connectivity index (χ0v) is 8.95. The van der Waals surface area contributed by atoms with Crippen LogP contribution in [0.25, 0.3) is 0 Å². The lowest BCUT2D eigenvalue weighted by Gasteiger charge is -2.06. The smallest absolute Gasteiger partial charge is 0.337 e. The van der Waals surface area contributed by atoms with E-state index in [0.29, 0.717) is 18.4 Å². The molecule has 0 heterocycles. The fraction of sp³-hybridized carbons (Fsp3) is 0.333. The summed E-state index contributed by atoms with van der Waals surface area (Å²) in [6.07, 6.45) is 2.02. The van der Waals surface area contributed by atoms with E-state index in [4.69, 9.17) is 0 Å². The predicted octanol–water partition coefficient (Wildman–Crippen LogP) is 1.91. The lowest BCUT2D eigenvalue weighted by Crippen LogP contribution is -2.03. The summed E-state index contributed by atoms with van der Waals surface area (Å²) >= 11 is 0. The van der Waals surface area contributed by atoms with Gasteiger partial charge in [0.25, 0.3) is 0 Å². The monoisotopic (exact) mass is 206 g/mol. The van der Waals surface area contributed by atoms with Crippen molar-refractivity contribution in [3.05, 3.63) is 34.9 Å². The fourth-order valence-corrected chi connectivity index (χ4v) is 1.40. The quantitative estimate of drug-likeness (QED) is 0.558. The number of hydrogen-bond acceptors (Lipinski definition) is 3. The zero-order valence-electron chi connectivity index (χ0n) is 8.95. The minimum atomic E-state index is -0.345. The molecule has 0 radical (unpaired) electrons. The van der Waals surface area contributed by atoms with E-state index < -0.39 is 0 Å². The lowest BCUT2D eigenvalue weighted by atomic mass is 10.0. The van der Waals surface area contributed by atoms with Crippen molar-refractivity contribution >= 4 is 12.3 Å². The Labute approximate surface area is 89.1 Å². The normalized spacial score (nSPS) is 9.73. The summed E-state index contributed by atoms with van der Waals surface area (Å²) in [5, 5.41) is 0. The second-order valence-electron chi connectivity index (χ2n) is 3.34. The Bertz CT molecular complexity index is 369. The molecule has 0 aliphatic carbocycles. The van der Waals surface area contributed by atoms with Crippen LogP contribution in [0.2, 0.25) is 0 Å². The molecule has 0 fully saturated rings. The Morgan fingerprint density at radius 1 is 1.47 bits per heavy atom. The van der Waals surface area contributed by atoms with Crippen molar-refractivity contribution in [3.8, 4) is 0 Å². The molecule has 0 amide bonds. The summed E-state index contributed by atoms with van der Waals surface area (Å²) in [5.74, 6) is -0.345. The molecular weight excluding hydrogens is 192 g/mol. The molecule has 0 spiro atoms. The number of aldehydes is 1. The van der Waals surface area contributed by atoms with Crippen LogP contribution in [0.5, 0.6) is 0 Å². The summed E-state index contributed by atoms with van der Waals surface area (Å²) in [5.41, 5.74) is 2.64. The second kappa shape index (κ2) is 5.29. The molecule has 1 aromatic carbocycles. The van der Waals surface area contributed by atoms with Crippen LogP contribution in [0, 0.1) is 6.92 Å². The number of esters is 1. The van der Waals surface area contributed by atoms with Crippen molar-refractivity contribution in [2.24, 2.45) is 0 Å². The highest BCUT2D eigenvalue weighted by molar-refractivity contribution is 5.89. The van der Waals surface area contributed by atoms with Crippen LogP contribution in [-0.2, 0) is 16.0 Å². The Morgan fingerprint density at radius 3 is 2.80 bits per heavy atom. The van der Waals surface area contributed by atoms with Crippen molar-refractivity contribution in [1.82, 2.24) is 0 Å². The van der Waals surface area contributed by atoms with Crippen LogP contribution < -0.4 is 0 Å². The lowest BCUT2D eigenvalue weighted by molar-refractivity contribution is -0.107. The van der Waals surface area contributed by atoms with E-state index in [1.807, 2.05) is 13.0 Å². The van der Waals surface area contributed by atoms with Gasteiger partial charge in [0.2, 0.25) is 0 Å². The first-order valence-electron chi connectivity index (χ1n) is 4.80. The van der Waals surface area contributed by atoms with Gasteiger partial charge in [0.15, 0.2) is 0 Å². The van der Waals surface area contributed by atoms with Crippen molar-refractivity contribution < 1.29 is 14.3 Å². The summed E-state index contributed by atoms with van der Waals surface area (Å²) in [6, 6.07) is 5.38. The van der Waals surface area contributed by atoms with Crippen molar-refractivity contribution in [2.75, 3.05) is 7.11 Å². The highest BCUT2D eigenvalue weighted by atomic mass is 16.5. The number of carbonyl (C=O) groups is 2. The maximum Gasteiger partial charge on any atom is 0.337 e. The molecule has 0 aromatic heterocycles. The van der Waals surface area contributed by atoms with Crippen molar-refractivity contribution in [2.45, 2.75) is 19.8 Å². The van der Waals surface area contributed by atoms with Crippen LogP contribution >= 0.6 is 0 Å². The summed E-state index contributed by atoms with van der Waals surface area (Å²) in [6.45, 7) is 1.96. The number of carbonyl (C=O) groups excluding carboxylic acids is 2. The zero-order chi connectivity index (χ0) is 11.3. The van der Waals surface area contributed by atoms with E-state index in [2.05, 4.69) is 4.74 Å². The molecule has 0 saturated carbocycles. The highest BCUT2D eigenvalue weighted by Crippen LogP contribution is 2.13. The molecule has 0 N–H and O–H groups in total. The second-order valence-corrected chi connectivity index (χ2v) is 3.34. The van der Waals surface area contributed by atoms with E-state index in [-0.39, 0.29) is 5.97 Å². The van der Waals surface area contributed by atoms with Crippen LogP contribution in [0.1, 0.15) is 27.9 Å². The number of benzene rings is 1. The third kappa shape index (κ3) is 2.91. The van der Waals surface area contributed by atoms with Crippen LogP contribution in [0.3, 0.4) is 0 Å². The van der Waals surface area contributed by atoms with Crippen LogP contribution in [0.4, 0.5) is 0 Å². The topological polar surface area (TPSA) is 43.4 Å². The molecule has 1 rings (SSSR count). The molecule has 1 aromatic rings. The first-order valence-corrected chi connectivity index (χ1v) is 4.80. The first-order chi connectivity index (χ1) is 7.19. The highest BCUT2D eigenvalue weighted by Gasteiger charge is 2.07. The average Bonchev–Trinajstić information content (AvgIpc) is 2.27. The number of ether oxygens (including phenoxy) is 1. The molecule has 80 valence electrons. The molecule has 0 unspecified atom stereocenters. The standard InChI is InChI=1S/C12H14O3/c1-9-5-6-11(12(14)15-2)8-10(9)4-3-7-13/h5-8H,3-4H2,1-2H3. The maximum atomic E-state index is 11.3. The van der Waals surface area contributed by atoms with E-state index in [1.165, 1.54) is 7.11 Å². The molecular formula is C12H14O3. The largest absolute Gasteiger partial charge is 0.465 e. The van der Waals surface area contributed by atoms with Gasteiger partial charge in [-0.3, -0.25) is 0 Å². The third-order valence-corrected chi connectivity index (χ3v) is 2.30. The number of methoxy groups -OCH3 is 1. The maximum absolute atomic E-state index is 11.3. The number of rotatable bonds is 4. The molecule has 0 aliphatic rings. The SMILES string of the molecule is COC(=O)c1ccc(C)c(CCC=O)c1. The minimum Gasteiger partial charge on any atom is -0.465 e. The molecule has 0 aliphatic heterocycles. The molecule has 3 heteroatoms. The van der Waals surface area contributed by atoms with Gasteiger partial charge in [-0.15, -0.1) is 0 Å². The first kappa shape index (κ1) is 11.4. The van der Waals surface area contributed by atoms with Gasteiger partial charge in [-0.25, -0.2) is 4.79 Å². The summed E-state index contributed by atoms with van der Waals surface area (Å²) in [4.78, 5) is 21.5. The third-order valence-electron chi connectivity index (χ3n) is 2.30. The van der Waals surface area contributed by atoms with Gasteiger partial charge in [-0.1, -0.05) is 6.07 Å². The summed E-state index contributed by atoms with van der Waals surface area (Å²) < 4.78 is 4.63. The summed E-state index contributed by atoms with van der Waals surface area (Å²) in [7, 11) is 1.35. The molecule has 0 saturated heterocycles.